The average Bonchev–Trinajstić information content (AvgIpc) is 3.44. The number of nitrogens with one attached hydrogen (secondary N) is 2. The minimum atomic E-state index is -0.318. The highest BCUT2D eigenvalue weighted by Crippen LogP contribution is 2.28. The predicted octanol–water partition coefficient (Wildman–Crippen LogP) is 2.75. The van der Waals surface area contributed by atoms with Gasteiger partial charge in [-0.25, -0.2) is 4.39 Å². The minimum absolute atomic E-state index is 0.0979. The van der Waals surface area contributed by atoms with Gasteiger partial charge in [-0.3, -0.25) is 14.5 Å². The summed E-state index contributed by atoms with van der Waals surface area (Å²) in [5.41, 5.74) is 2.00. The van der Waals surface area contributed by atoms with E-state index in [1.54, 1.807) is 12.1 Å². The molecule has 1 saturated heterocycles. The first-order valence-corrected chi connectivity index (χ1v) is 12.0. The summed E-state index contributed by atoms with van der Waals surface area (Å²) in [6.07, 6.45) is 5.02. The molecule has 0 bridgehead atoms. The molecule has 4 rings (SSSR count). The van der Waals surface area contributed by atoms with E-state index in [2.05, 4.69) is 15.2 Å². The lowest BCUT2D eigenvalue weighted by atomic mass is 9.90. The van der Waals surface area contributed by atoms with E-state index in [4.69, 9.17) is 0 Å². The van der Waals surface area contributed by atoms with Crippen LogP contribution in [0.2, 0.25) is 0 Å². The fourth-order valence-corrected chi connectivity index (χ4v) is 5.34. The molecule has 1 aliphatic heterocycles. The van der Waals surface area contributed by atoms with Crippen LogP contribution in [-0.2, 0) is 4.79 Å². The van der Waals surface area contributed by atoms with Crippen molar-refractivity contribution in [2.24, 2.45) is 0 Å². The Morgan fingerprint density at radius 1 is 1.21 bits per heavy atom. The Labute approximate surface area is 195 Å². The van der Waals surface area contributed by atoms with Gasteiger partial charge in [0.25, 0.3) is 5.91 Å². The number of fused-ring (bicyclic) bond motifs is 1. The van der Waals surface area contributed by atoms with Crippen LogP contribution in [-0.4, -0.2) is 90.4 Å². The van der Waals surface area contributed by atoms with Crippen LogP contribution >= 0.6 is 0 Å². The Bertz CT molecular complexity index is 981. The second-order valence-corrected chi connectivity index (χ2v) is 10.0. The van der Waals surface area contributed by atoms with Crippen LogP contribution in [0.15, 0.2) is 18.2 Å². The summed E-state index contributed by atoms with van der Waals surface area (Å²) in [5, 5.41) is 3.63. The van der Waals surface area contributed by atoms with Gasteiger partial charge in [0.1, 0.15) is 11.5 Å². The first-order valence-electron chi connectivity index (χ1n) is 12.0. The lowest BCUT2D eigenvalue weighted by molar-refractivity contribution is -0.132. The quantitative estimate of drug-likeness (QED) is 0.700. The molecule has 1 aliphatic carbocycles. The molecule has 33 heavy (non-hydrogen) atoms. The number of H-pyrrole nitrogens is 1. The lowest BCUT2D eigenvalue weighted by Crippen LogP contribution is -2.47. The number of likely N-dealkylation sites (N-methyl/N-ethyl adjacent to an activating group) is 2. The number of nitrogens with zero attached hydrogens (tertiary/aromatic N) is 3. The standard InChI is InChI=1S/C25H36FN5O2/c1-16-8-9-21(26)20-13-22(28-24(16)20)25(33)27-17-6-5-7-18(12-17)31-11-10-19(14-31)30(4)23(32)15-29(2)3/h8-9,13,17-19,28H,5-7,10-12,14-15H2,1-4H3,(H,27,33)/t17-,18-,19?/m1/s1. The zero-order valence-corrected chi connectivity index (χ0v) is 20.2. The number of halogens is 1. The van der Waals surface area contributed by atoms with Crippen LogP contribution in [0.25, 0.3) is 10.9 Å². The Hall–Kier alpha value is -2.45. The number of likely N-dealkylation sites (tertiary alicyclic amines) is 1. The molecule has 2 aromatic rings. The second-order valence-electron chi connectivity index (χ2n) is 10.0. The molecule has 180 valence electrons. The van der Waals surface area contributed by atoms with E-state index in [1.807, 2.05) is 37.9 Å². The molecule has 7 nitrogen and oxygen atoms in total. The zero-order valence-electron chi connectivity index (χ0n) is 20.2. The van der Waals surface area contributed by atoms with Crippen molar-refractivity contribution < 1.29 is 14.0 Å². The topological polar surface area (TPSA) is 71.7 Å². The molecule has 3 atom stereocenters. The van der Waals surface area contributed by atoms with Crippen LogP contribution in [0.4, 0.5) is 4.39 Å². The van der Waals surface area contributed by atoms with Crippen molar-refractivity contribution >= 4 is 22.7 Å². The molecule has 8 heteroatoms. The van der Waals surface area contributed by atoms with Gasteiger partial charge in [0, 0.05) is 43.6 Å². The van der Waals surface area contributed by atoms with Crippen LogP contribution in [0.1, 0.15) is 48.2 Å². The van der Waals surface area contributed by atoms with Crippen LogP contribution in [0.5, 0.6) is 0 Å². The number of aromatic amines is 1. The summed E-state index contributed by atoms with van der Waals surface area (Å²) in [6, 6.07) is 5.52. The van der Waals surface area contributed by atoms with E-state index in [0.29, 0.717) is 29.2 Å². The number of aryl methyl sites for hydroxylation is 1. The third-order valence-electron chi connectivity index (χ3n) is 7.28. The monoisotopic (exact) mass is 457 g/mol. The molecular formula is C25H36FN5O2. The lowest BCUT2D eigenvalue weighted by Gasteiger charge is -2.36. The minimum Gasteiger partial charge on any atom is -0.350 e. The fourth-order valence-electron chi connectivity index (χ4n) is 5.34. The number of carbonyl (C=O) groups is 2. The van der Waals surface area contributed by atoms with Gasteiger partial charge >= 0.3 is 0 Å². The van der Waals surface area contributed by atoms with Crippen LogP contribution < -0.4 is 5.32 Å². The molecule has 1 aromatic carbocycles. The Morgan fingerprint density at radius 2 is 2.00 bits per heavy atom. The molecule has 0 spiro atoms. The molecule has 2 N–H and O–H groups in total. The number of aromatic nitrogens is 1. The summed E-state index contributed by atoms with van der Waals surface area (Å²) in [5.74, 6) is -0.337. The average molecular weight is 458 g/mol. The molecule has 0 radical (unpaired) electrons. The van der Waals surface area contributed by atoms with E-state index in [9.17, 15) is 14.0 Å². The summed E-state index contributed by atoms with van der Waals surface area (Å²) in [4.78, 5) is 34.7. The third-order valence-corrected chi connectivity index (χ3v) is 7.28. The van der Waals surface area contributed by atoms with Crippen molar-refractivity contribution in [2.75, 3.05) is 40.8 Å². The first-order chi connectivity index (χ1) is 15.7. The SMILES string of the molecule is Cc1ccc(F)c2cc(C(=O)N[C@@H]3CCC[C@@H](N4CCC(N(C)C(=O)CN(C)C)C4)C3)[nH]c12. The largest absolute Gasteiger partial charge is 0.350 e. The predicted molar refractivity (Wildman–Crippen MR) is 128 cm³/mol. The van der Waals surface area contributed by atoms with E-state index in [-0.39, 0.29) is 29.7 Å². The van der Waals surface area contributed by atoms with Gasteiger partial charge in [-0.05, 0) is 70.8 Å². The van der Waals surface area contributed by atoms with Crippen molar-refractivity contribution in [1.82, 2.24) is 25.0 Å². The second kappa shape index (κ2) is 9.81. The molecule has 2 fully saturated rings. The van der Waals surface area contributed by atoms with Crippen molar-refractivity contribution in [1.29, 1.82) is 0 Å². The van der Waals surface area contributed by atoms with Crippen LogP contribution in [0, 0.1) is 12.7 Å². The van der Waals surface area contributed by atoms with E-state index in [1.165, 1.54) is 6.07 Å². The maximum Gasteiger partial charge on any atom is 0.267 e. The van der Waals surface area contributed by atoms with E-state index >= 15 is 0 Å². The Balaban J connectivity index is 1.34. The van der Waals surface area contributed by atoms with Crippen molar-refractivity contribution in [3.05, 3.63) is 35.3 Å². The van der Waals surface area contributed by atoms with Crippen molar-refractivity contribution in [3.63, 3.8) is 0 Å². The smallest absolute Gasteiger partial charge is 0.267 e. The van der Waals surface area contributed by atoms with Gasteiger partial charge in [-0.1, -0.05) is 6.07 Å². The Kier molecular flexibility index (Phi) is 7.05. The normalized spacial score (nSPS) is 23.9. The highest BCUT2D eigenvalue weighted by Gasteiger charge is 2.35. The number of benzene rings is 1. The zero-order chi connectivity index (χ0) is 23.7. The van der Waals surface area contributed by atoms with Gasteiger partial charge in [-0.15, -0.1) is 0 Å². The molecule has 2 amide bonds. The summed E-state index contributed by atoms with van der Waals surface area (Å²) >= 11 is 0. The summed E-state index contributed by atoms with van der Waals surface area (Å²) in [6.45, 7) is 4.21. The highest BCUT2D eigenvalue weighted by atomic mass is 19.1. The molecule has 1 aromatic heterocycles. The number of amides is 2. The van der Waals surface area contributed by atoms with Gasteiger partial charge in [0.2, 0.25) is 5.91 Å². The number of rotatable bonds is 6. The number of carbonyl (C=O) groups excluding carboxylic acids is 2. The molecule has 1 saturated carbocycles. The van der Waals surface area contributed by atoms with Crippen molar-refractivity contribution in [3.8, 4) is 0 Å². The summed E-state index contributed by atoms with van der Waals surface area (Å²) in [7, 11) is 5.74. The van der Waals surface area contributed by atoms with E-state index in [0.717, 1.165) is 50.8 Å². The molecule has 2 heterocycles. The number of hydrogen-bond acceptors (Lipinski definition) is 4. The third kappa shape index (κ3) is 5.22. The van der Waals surface area contributed by atoms with Gasteiger partial charge in [-0.2, -0.15) is 0 Å². The van der Waals surface area contributed by atoms with Gasteiger partial charge < -0.3 is 20.1 Å². The maximum absolute atomic E-state index is 14.1. The van der Waals surface area contributed by atoms with Crippen molar-refractivity contribution in [2.45, 2.75) is 57.2 Å². The van der Waals surface area contributed by atoms with Gasteiger partial charge in [0.05, 0.1) is 12.1 Å². The maximum atomic E-state index is 14.1. The fraction of sp³-hybridized carbons (Fsp3) is 0.600. The summed E-state index contributed by atoms with van der Waals surface area (Å²) < 4.78 is 14.1. The number of hydrogen-bond donors (Lipinski definition) is 2. The highest BCUT2D eigenvalue weighted by molar-refractivity contribution is 5.99. The molecule has 1 unspecified atom stereocenters. The molecular weight excluding hydrogens is 421 g/mol. The Morgan fingerprint density at radius 3 is 2.73 bits per heavy atom. The van der Waals surface area contributed by atoms with Gasteiger partial charge in [0.15, 0.2) is 0 Å². The van der Waals surface area contributed by atoms with Crippen LogP contribution in [0.3, 0.4) is 0 Å². The first kappa shape index (κ1) is 23.7. The van der Waals surface area contributed by atoms with E-state index < -0.39 is 0 Å². The molecule has 2 aliphatic rings.